The molecule has 0 heterocycles. The van der Waals surface area contributed by atoms with Gasteiger partial charge in [-0.05, 0) is 36.6 Å². The molecule has 1 atom stereocenters. The first kappa shape index (κ1) is 21.4. The van der Waals surface area contributed by atoms with Crippen LogP contribution in [-0.4, -0.2) is 36.1 Å². The predicted octanol–water partition coefficient (Wildman–Crippen LogP) is 4.08. The van der Waals surface area contributed by atoms with Gasteiger partial charge in [0, 0.05) is 13.0 Å². The van der Waals surface area contributed by atoms with Crippen LogP contribution in [0.25, 0.3) is 0 Å². The van der Waals surface area contributed by atoms with E-state index in [4.69, 9.17) is 14.3 Å². The molecule has 0 amide bonds. The molecule has 0 bridgehead atoms. The summed E-state index contributed by atoms with van der Waals surface area (Å²) in [4.78, 5) is 16.6. The lowest BCUT2D eigenvalue weighted by Gasteiger charge is -2.13. The van der Waals surface area contributed by atoms with Crippen molar-refractivity contribution in [3.8, 4) is 5.75 Å². The number of rotatable bonds is 12. The van der Waals surface area contributed by atoms with Gasteiger partial charge in [0.05, 0.1) is 5.71 Å². The number of carboxylic acid groups (broad SMARTS) is 1. The molecule has 28 heavy (non-hydrogen) atoms. The Kier molecular flexibility index (Phi) is 9.01. The predicted molar refractivity (Wildman–Crippen MR) is 108 cm³/mol. The van der Waals surface area contributed by atoms with Crippen molar-refractivity contribution in [3.63, 3.8) is 0 Å². The van der Waals surface area contributed by atoms with Crippen LogP contribution < -0.4 is 4.74 Å². The minimum Gasteiger partial charge on any atom is -0.488 e. The molecule has 0 saturated carbocycles. The number of aliphatic carboxylic acids is 1. The molecule has 150 valence electrons. The maximum Gasteiger partial charge on any atom is 0.333 e. The first-order valence-corrected chi connectivity index (χ1v) is 9.34. The van der Waals surface area contributed by atoms with Crippen molar-refractivity contribution >= 4 is 11.7 Å². The fraction of sp³-hybridized carbons (Fsp3) is 0.364. The fourth-order valence-electron chi connectivity index (χ4n) is 2.42. The number of oxime groups is 1. The van der Waals surface area contributed by atoms with Crippen LogP contribution in [0.1, 0.15) is 31.4 Å². The molecule has 2 aromatic carbocycles. The van der Waals surface area contributed by atoms with Crippen molar-refractivity contribution in [2.24, 2.45) is 5.16 Å². The number of hydrogen-bond acceptors (Lipinski definition) is 5. The van der Waals surface area contributed by atoms with E-state index in [1.165, 1.54) is 0 Å². The highest BCUT2D eigenvalue weighted by atomic mass is 16.6. The van der Waals surface area contributed by atoms with Crippen LogP contribution in [0.3, 0.4) is 0 Å². The van der Waals surface area contributed by atoms with Crippen molar-refractivity contribution in [3.05, 3.63) is 65.7 Å². The van der Waals surface area contributed by atoms with E-state index in [1.54, 1.807) is 0 Å². The van der Waals surface area contributed by atoms with Crippen LogP contribution in [0.4, 0.5) is 0 Å². The van der Waals surface area contributed by atoms with E-state index < -0.39 is 12.1 Å². The second-order valence-electron chi connectivity index (χ2n) is 6.42. The topological polar surface area (TPSA) is 77.3 Å². The highest BCUT2D eigenvalue weighted by Gasteiger charge is 2.18. The minimum absolute atomic E-state index is 0.311. The summed E-state index contributed by atoms with van der Waals surface area (Å²) in [6.45, 7) is 4.94. The third-order valence-electron chi connectivity index (χ3n) is 3.89. The van der Waals surface area contributed by atoms with Crippen molar-refractivity contribution in [1.82, 2.24) is 0 Å². The van der Waals surface area contributed by atoms with E-state index in [0.29, 0.717) is 32.0 Å². The Morgan fingerprint density at radius 3 is 2.43 bits per heavy atom. The number of nitrogens with zero attached hydrogens (tertiary/aromatic N) is 1. The average molecular weight is 385 g/mol. The van der Waals surface area contributed by atoms with Crippen LogP contribution in [0.5, 0.6) is 5.75 Å². The summed E-state index contributed by atoms with van der Waals surface area (Å²) in [6, 6.07) is 17.1. The molecule has 6 heteroatoms. The van der Waals surface area contributed by atoms with Gasteiger partial charge in [0.1, 0.15) is 19.0 Å². The van der Waals surface area contributed by atoms with Crippen molar-refractivity contribution in [2.45, 2.75) is 39.4 Å². The van der Waals surface area contributed by atoms with E-state index in [0.717, 1.165) is 23.3 Å². The van der Waals surface area contributed by atoms with Crippen LogP contribution >= 0.6 is 0 Å². The maximum absolute atomic E-state index is 11.3. The van der Waals surface area contributed by atoms with E-state index in [9.17, 15) is 9.90 Å². The molecule has 2 rings (SSSR count). The zero-order chi connectivity index (χ0) is 20.2. The molecule has 0 aliphatic carbocycles. The highest BCUT2D eigenvalue weighted by Crippen LogP contribution is 2.15. The maximum atomic E-state index is 11.3. The van der Waals surface area contributed by atoms with Crippen LogP contribution in [0, 0.1) is 0 Å². The summed E-state index contributed by atoms with van der Waals surface area (Å²) in [7, 11) is 0. The number of carboxylic acids is 1. The molecule has 6 nitrogen and oxygen atoms in total. The summed E-state index contributed by atoms with van der Waals surface area (Å²) in [5.74, 6) is -0.265. The third kappa shape index (κ3) is 7.80. The number of benzene rings is 2. The lowest BCUT2D eigenvalue weighted by atomic mass is 10.1. The van der Waals surface area contributed by atoms with Gasteiger partial charge < -0.3 is 19.4 Å². The second-order valence-corrected chi connectivity index (χ2v) is 6.42. The zero-order valence-electron chi connectivity index (χ0n) is 16.3. The van der Waals surface area contributed by atoms with Gasteiger partial charge in [-0.2, -0.15) is 0 Å². The molecular formula is C22H27NO5. The Bertz CT molecular complexity index is 743. The Hall–Kier alpha value is -2.86. The van der Waals surface area contributed by atoms with Gasteiger partial charge in [-0.1, -0.05) is 54.5 Å². The number of carbonyl (C=O) groups is 1. The SMILES string of the molecule is CCCOC(Cc1ccc(OCC(C)=NOCc2ccccc2)cc1)C(=O)O. The molecule has 1 N–H and O–H groups in total. The fourth-order valence-corrected chi connectivity index (χ4v) is 2.42. The summed E-state index contributed by atoms with van der Waals surface area (Å²) in [6.07, 6.45) is 0.276. The Balaban J connectivity index is 1.78. The van der Waals surface area contributed by atoms with Gasteiger partial charge in [-0.25, -0.2) is 4.79 Å². The highest BCUT2D eigenvalue weighted by molar-refractivity contribution is 5.82. The zero-order valence-corrected chi connectivity index (χ0v) is 16.3. The summed E-state index contributed by atoms with van der Waals surface area (Å²) < 4.78 is 11.1. The minimum atomic E-state index is -0.948. The quantitative estimate of drug-likeness (QED) is 0.440. The standard InChI is InChI=1S/C22H27NO5/c1-3-13-26-21(22(24)25)14-18-9-11-20(12-10-18)27-15-17(2)23-28-16-19-7-5-4-6-8-19/h4-12,21H,3,13-16H2,1-2H3,(H,24,25). The summed E-state index contributed by atoms with van der Waals surface area (Å²) >= 11 is 0. The van der Waals surface area contributed by atoms with Crippen LogP contribution in [-0.2, 0) is 27.4 Å². The first-order chi connectivity index (χ1) is 13.6. The summed E-state index contributed by atoms with van der Waals surface area (Å²) in [5.41, 5.74) is 2.66. The van der Waals surface area contributed by atoms with Crippen molar-refractivity contribution in [1.29, 1.82) is 0 Å². The Morgan fingerprint density at radius 1 is 1.07 bits per heavy atom. The van der Waals surface area contributed by atoms with Crippen molar-refractivity contribution < 1.29 is 24.2 Å². The van der Waals surface area contributed by atoms with Crippen LogP contribution in [0.2, 0.25) is 0 Å². The molecule has 0 aromatic heterocycles. The summed E-state index contributed by atoms with van der Waals surface area (Å²) in [5, 5.41) is 13.3. The van der Waals surface area contributed by atoms with Gasteiger partial charge in [0.15, 0.2) is 6.10 Å². The average Bonchev–Trinajstić information content (AvgIpc) is 2.71. The molecule has 2 aromatic rings. The largest absolute Gasteiger partial charge is 0.488 e. The van der Waals surface area contributed by atoms with Gasteiger partial charge in [0.25, 0.3) is 0 Å². The Morgan fingerprint density at radius 2 is 1.79 bits per heavy atom. The molecule has 0 fully saturated rings. The van der Waals surface area contributed by atoms with E-state index >= 15 is 0 Å². The molecule has 0 aliphatic heterocycles. The lowest BCUT2D eigenvalue weighted by Crippen LogP contribution is -2.26. The van der Waals surface area contributed by atoms with Crippen molar-refractivity contribution in [2.75, 3.05) is 13.2 Å². The smallest absolute Gasteiger partial charge is 0.333 e. The third-order valence-corrected chi connectivity index (χ3v) is 3.89. The molecule has 0 spiro atoms. The molecule has 0 aliphatic rings. The van der Waals surface area contributed by atoms with Gasteiger partial charge in [-0.15, -0.1) is 0 Å². The molecule has 1 unspecified atom stereocenters. The van der Waals surface area contributed by atoms with Gasteiger partial charge in [0.2, 0.25) is 0 Å². The monoisotopic (exact) mass is 385 g/mol. The van der Waals surface area contributed by atoms with E-state index in [2.05, 4.69) is 5.16 Å². The number of ether oxygens (including phenoxy) is 2. The molecule has 0 saturated heterocycles. The van der Waals surface area contributed by atoms with Crippen LogP contribution in [0.15, 0.2) is 59.8 Å². The van der Waals surface area contributed by atoms with E-state index in [-0.39, 0.29) is 0 Å². The second kappa shape index (κ2) is 11.8. The number of hydrogen-bond donors (Lipinski definition) is 1. The van der Waals surface area contributed by atoms with Gasteiger partial charge in [-0.3, -0.25) is 0 Å². The lowest BCUT2D eigenvalue weighted by molar-refractivity contribution is -0.150. The van der Waals surface area contributed by atoms with E-state index in [1.807, 2.05) is 68.4 Å². The van der Waals surface area contributed by atoms with Gasteiger partial charge >= 0.3 is 5.97 Å². The molecule has 0 radical (unpaired) electrons. The first-order valence-electron chi connectivity index (χ1n) is 9.34. The normalized spacial score (nSPS) is 12.4. The molecular weight excluding hydrogens is 358 g/mol. The Labute approximate surface area is 165 Å².